The van der Waals surface area contributed by atoms with Crippen molar-refractivity contribution >= 4 is 11.7 Å². The van der Waals surface area contributed by atoms with Crippen LogP contribution >= 0.6 is 0 Å². The number of ether oxygens (including phenoxy) is 2. The van der Waals surface area contributed by atoms with Crippen LogP contribution in [0.1, 0.15) is 17.4 Å². The normalized spacial score (nSPS) is 11.8. The largest absolute Gasteiger partial charge is 0.493 e. The predicted molar refractivity (Wildman–Crippen MR) is 114 cm³/mol. The van der Waals surface area contributed by atoms with Gasteiger partial charge in [0.1, 0.15) is 5.76 Å². The van der Waals surface area contributed by atoms with Gasteiger partial charge in [-0.2, -0.15) is 0 Å². The molecular formula is C22H26N4O4. The summed E-state index contributed by atoms with van der Waals surface area (Å²) in [5.74, 6) is 2.38. The van der Waals surface area contributed by atoms with E-state index in [1.54, 1.807) is 25.5 Å². The number of anilines is 1. The number of nitrogens with one attached hydrogen (secondary N) is 2. The zero-order valence-electron chi connectivity index (χ0n) is 17.5. The second kappa shape index (κ2) is 9.80. The lowest BCUT2D eigenvalue weighted by Crippen LogP contribution is -2.36. The van der Waals surface area contributed by atoms with E-state index in [0.717, 1.165) is 11.3 Å². The van der Waals surface area contributed by atoms with Crippen LogP contribution in [0.2, 0.25) is 0 Å². The third kappa shape index (κ3) is 5.51. The molecule has 1 atom stereocenters. The summed E-state index contributed by atoms with van der Waals surface area (Å²) in [4.78, 5) is 18.5. The summed E-state index contributed by atoms with van der Waals surface area (Å²) in [7, 11) is 5.45. The Morgan fingerprint density at radius 2 is 2.03 bits per heavy atom. The lowest BCUT2D eigenvalue weighted by atomic mass is 10.2. The van der Waals surface area contributed by atoms with Gasteiger partial charge in [-0.1, -0.05) is 6.07 Å². The summed E-state index contributed by atoms with van der Waals surface area (Å²) in [5, 5.41) is 5.61. The molecule has 8 nitrogen and oxygen atoms in total. The molecule has 0 bridgehead atoms. The second-order valence-corrected chi connectivity index (χ2v) is 6.97. The van der Waals surface area contributed by atoms with Crippen molar-refractivity contribution in [3.05, 3.63) is 66.2 Å². The Labute approximate surface area is 175 Å². The van der Waals surface area contributed by atoms with E-state index >= 15 is 0 Å². The number of urea groups is 1. The standard InChI is InChI=1S/C22H26N4O4/c1-15-7-9-19(20(12-15)28-4)30-21-10-8-16(13-23-21)25-22(27)24-14-17(26(2)3)18-6-5-11-29-18/h5-13,17H,14H2,1-4H3,(H2,24,25,27). The molecule has 0 radical (unpaired) electrons. The number of rotatable bonds is 8. The molecule has 1 unspecified atom stereocenters. The first-order valence-corrected chi connectivity index (χ1v) is 9.49. The van der Waals surface area contributed by atoms with Crippen molar-refractivity contribution in [3.63, 3.8) is 0 Å². The fraction of sp³-hybridized carbons (Fsp3) is 0.273. The van der Waals surface area contributed by atoms with E-state index in [9.17, 15) is 4.79 Å². The van der Waals surface area contributed by atoms with Crippen LogP contribution in [0, 0.1) is 6.92 Å². The van der Waals surface area contributed by atoms with Gasteiger partial charge in [0, 0.05) is 12.6 Å². The van der Waals surface area contributed by atoms with Gasteiger partial charge < -0.3 is 24.5 Å². The van der Waals surface area contributed by atoms with Crippen LogP contribution in [-0.2, 0) is 0 Å². The van der Waals surface area contributed by atoms with Crippen LogP contribution < -0.4 is 20.1 Å². The molecule has 2 heterocycles. The van der Waals surface area contributed by atoms with Gasteiger partial charge in [0.05, 0.1) is 31.3 Å². The number of amides is 2. The number of hydrogen-bond acceptors (Lipinski definition) is 6. The van der Waals surface area contributed by atoms with E-state index in [2.05, 4.69) is 15.6 Å². The maximum atomic E-state index is 12.3. The number of carbonyl (C=O) groups is 1. The minimum atomic E-state index is -0.330. The number of aryl methyl sites for hydroxylation is 1. The SMILES string of the molecule is COc1cc(C)ccc1Oc1ccc(NC(=O)NCC(c2ccco2)N(C)C)cn1. The Morgan fingerprint density at radius 3 is 2.67 bits per heavy atom. The summed E-state index contributed by atoms with van der Waals surface area (Å²) in [6.07, 6.45) is 3.15. The van der Waals surface area contributed by atoms with Gasteiger partial charge in [0.15, 0.2) is 11.5 Å². The molecule has 8 heteroatoms. The number of benzene rings is 1. The highest BCUT2D eigenvalue weighted by atomic mass is 16.5. The molecule has 0 saturated carbocycles. The van der Waals surface area contributed by atoms with Crippen LogP contribution in [-0.4, -0.2) is 43.7 Å². The number of nitrogens with zero attached hydrogens (tertiary/aromatic N) is 2. The average molecular weight is 410 g/mol. The number of aromatic nitrogens is 1. The summed E-state index contributed by atoms with van der Waals surface area (Å²) in [6, 6.07) is 12.4. The highest BCUT2D eigenvalue weighted by Gasteiger charge is 2.18. The van der Waals surface area contributed by atoms with Crippen LogP contribution in [0.3, 0.4) is 0 Å². The van der Waals surface area contributed by atoms with Crippen molar-refractivity contribution < 1.29 is 18.7 Å². The third-order valence-electron chi connectivity index (χ3n) is 4.48. The first-order valence-electron chi connectivity index (χ1n) is 9.49. The Balaban J connectivity index is 1.55. The van der Waals surface area contributed by atoms with Gasteiger partial charge in [0.25, 0.3) is 0 Å². The Kier molecular flexibility index (Phi) is 6.92. The number of pyridine rings is 1. The molecule has 0 aliphatic rings. The van der Waals surface area contributed by atoms with Gasteiger partial charge in [-0.25, -0.2) is 9.78 Å². The van der Waals surface area contributed by atoms with Crippen molar-refractivity contribution in [2.24, 2.45) is 0 Å². The fourth-order valence-corrected chi connectivity index (χ4v) is 2.87. The molecule has 3 aromatic rings. The van der Waals surface area contributed by atoms with E-state index in [4.69, 9.17) is 13.9 Å². The highest BCUT2D eigenvalue weighted by molar-refractivity contribution is 5.89. The fourth-order valence-electron chi connectivity index (χ4n) is 2.87. The monoisotopic (exact) mass is 410 g/mol. The molecule has 30 heavy (non-hydrogen) atoms. The molecule has 2 aromatic heterocycles. The van der Waals surface area contributed by atoms with Crippen molar-refractivity contribution in [2.45, 2.75) is 13.0 Å². The van der Waals surface area contributed by atoms with E-state index < -0.39 is 0 Å². The van der Waals surface area contributed by atoms with Crippen molar-refractivity contribution in [1.29, 1.82) is 0 Å². The Morgan fingerprint density at radius 1 is 1.20 bits per heavy atom. The third-order valence-corrected chi connectivity index (χ3v) is 4.48. The average Bonchev–Trinajstić information content (AvgIpc) is 3.25. The maximum absolute atomic E-state index is 12.3. The maximum Gasteiger partial charge on any atom is 0.319 e. The van der Waals surface area contributed by atoms with Gasteiger partial charge in [-0.05, 0) is 56.9 Å². The molecule has 0 aliphatic carbocycles. The second-order valence-electron chi connectivity index (χ2n) is 6.97. The van der Waals surface area contributed by atoms with Crippen LogP contribution in [0.25, 0.3) is 0 Å². The highest BCUT2D eigenvalue weighted by Crippen LogP contribution is 2.31. The van der Waals surface area contributed by atoms with E-state index in [0.29, 0.717) is 29.6 Å². The number of carbonyl (C=O) groups excluding carboxylic acids is 1. The van der Waals surface area contributed by atoms with Crippen molar-refractivity contribution in [1.82, 2.24) is 15.2 Å². The number of likely N-dealkylation sites (N-methyl/N-ethyl adjacent to an activating group) is 1. The van der Waals surface area contributed by atoms with Crippen LogP contribution in [0.4, 0.5) is 10.5 Å². The van der Waals surface area contributed by atoms with Gasteiger partial charge in [-0.3, -0.25) is 4.90 Å². The first-order chi connectivity index (χ1) is 14.5. The summed E-state index contributed by atoms with van der Waals surface area (Å²) in [6.45, 7) is 2.37. The van der Waals surface area contributed by atoms with E-state index in [1.165, 1.54) is 6.20 Å². The van der Waals surface area contributed by atoms with E-state index in [-0.39, 0.29) is 12.1 Å². The topological polar surface area (TPSA) is 88.9 Å². The Bertz CT molecular complexity index is 956. The minimum absolute atomic E-state index is 0.0656. The first kappa shape index (κ1) is 21.2. The molecule has 0 spiro atoms. The summed E-state index contributed by atoms with van der Waals surface area (Å²) < 4.78 is 16.6. The molecule has 3 rings (SSSR count). The molecule has 2 amide bonds. The van der Waals surface area contributed by atoms with Crippen molar-refractivity contribution in [2.75, 3.05) is 33.1 Å². The van der Waals surface area contributed by atoms with E-state index in [1.807, 2.05) is 56.3 Å². The molecule has 1 aromatic carbocycles. The smallest absolute Gasteiger partial charge is 0.319 e. The number of hydrogen-bond donors (Lipinski definition) is 2. The zero-order valence-corrected chi connectivity index (χ0v) is 17.5. The van der Waals surface area contributed by atoms with Crippen LogP contribution in [0.15, 0.2) is 59.3 Å². The van der Waals surface area contributed by atoms with Gasteiger partial charge in [-0.15, -0.1) is 0 Å². The molecule has 2 N–H and O–H groups in total. The minimum Gasteiger partial charge on any atom is -0.493 e. The quantitative estimate of drug-likeness (QED) is 0.578. The summed E-state index contributed by atoms with van der Waals surface area (Å²) >= 11 is 0. The molecule has 0 saturated heterocycles. The van der Waals surface area contributed by atoms with Crippen LogP contribution in [0.5, 0.6) is 17.4 Å². The number of furan rings is 1. The lowest BCUT2D eigenvalue weighted by Gasteiger charge is -2.22. The Hall–Kier alpha value is -3.52. The predicted octanol–water partition coefficient (Wildman–Crippen LogP) is 4.21. The summed E-state index contributed by atoms with van der Waals surface area (Å²) in [5.41, 5.74) is 1.62. The number of methoxy groups -OCH3 is 1. The molecule has 0 fully saturated rings. The zero-order chi connectivity index (χ0) is 21.5. The molecule has 0 aliphatic heterocycles. The van der Waals surface area contributed by atoms with Gasteiger partial charge in [0.2, 0.25) is 5.88 Å². The van der Waals surface area contributed by atoms with Crippen molar-refractivity contribution in [3.8, 4) is 17.4 Å². The molecular weight excluding hydrogens is 384 g/mol. The lowest BCUT2D eigenvalue weighted by molar-refractivity contribution is 0.233. The van der Waals surface area contributed by atoms with Gasteiger partial charge >= 0.3 is 6.03 Å². The molecule has 158 valence electrons.